The number of morpholine rings is 1. The van der Waals surface area contributed by atoms with Gasteiger partial charge < -0.3 is 28.9 Å². The van der Waals surface area contributed by atoms with Crippen molar-refractivity contribution in [2.45, 2.75) is 0 Å². The molecule has 0 N–H and O–H groups in total. The van der Waals surface area contributed by atoms with Crippen molar-refractivity contribution in [2.24, 2.45) is 0 Å². The van der Waals surface area contributed by atoms with Gasteiger partial charge in [0.2, 0.25) is 5.91 Å². The molecule has 0 spiro atoms. The number of nitrogens with zero attached hydrogens (tertiary/aromatic N) is 6. The summed E-state index contributed by atoms with van der Waals surface area (Å²) in [6.45, 7) is 5.68. The zero-order valence-corrected chi connectivity index (χ0v) is 24.6. The Balaban J connectivity index is 1.19. The van der Waals surface area contributed by atoms with Gasteiger partial charge in [-0.25, -0.2) is 4.39 Å². The van der Waals surface area contributed by atoms with Gasteiger partial charge in [-0.1, -0.05) is 12.1 Å². The number of carbonyl (C=O) groups excluding carboxylic acids is 2. The van der Waals surface area contributed by atoms with E-state index < -0.39 is 11.7 Å². The lowest BCUT2D eigenvalue weighted by atomic mass is 10.1. The molecule has 2 aliphatic heterocycles. The Labute approximate surface area is 250 Å². The summed E-state index contributed by atoms with van der Waals surface area (Å²) in [6, 6.07) is 15.3. The van der Waals surface area contributed by atoms with Crippen molar-refractivity contribution in [2.75, 3.05) is 91.2 Å². The lowest BCUT2D eigenvalue weighted by Gasteiger charge is -2.36. The number of halogens is 1. The van der Waals surface area contributed by atoms with E-state index in [0.29, 0.717) is 69.7 Å². The molecule has 5 rings (SSSR count). The van der Waals surface area contributed by atoms with Crippen LogP contribution in [0.1, 0.15) is 10.4 Å². The topological polar surface area (TPSA) is 101 Å². The molecule has 0 saturated carbocycles. The molecule has 2 aliphatic rings. The van der Waals surface area contributed by atoms with Gasteiger partial charge in [-0.3, -0.25) is 14.5 Å². The smallest absolute Gasteiger partial charge is 0.257 e. The summed E-state index contributed by atoms with van der Waals surface area (Å²) in [7, 11) is 3.18. The van der Waals surface area contributed by atoms with Crippen LogP contribution in [-0.4, -0.2) is 123 Å². The molecular formula is C31H37FN6O5. The van der Waals surface area contributed by atoms with Crippen molar-refractivity contribution < 1.29 is 28.2 Å². The van der Waals surface area contributed by atoms with E-state index in [1.54, 1.807) is 31.3 Å². The first kappa shape index (κ1) is 30.2. The van der Waals surface area contributed by atoms with Gasteiger partial charge in [0.25, 0.3) is 5.91 Å². The average Bonchev–Trinajstić information content (AvgIpc) is 3.06. The third-order valence-electron chi connectivity index (χ3n) is 7.79. The summed E-state index contributed by atoms with van der Waals surface area (Å²) in [5, 5.41) is 8.83. The van der Waals surface area contributed by atoms with E-state index in [1.807, 2.05) is 30.3 Å². The van der Waals surface area contributed by atoms with Crippen LogP contribution in [0.4, 0.5) is 10.2 Å². The highest BCUT2D eigenvalue weighted by Gasteiger charge is 2.27. The Morgan fingerprint density at radius 1 is 0.907 bits per heavy atom. The number of anilines is 1. The summed E-state index contributed by atoms with van der Waals surface area (Å²) in [6.07, 6.45) is 0. The minimum Gasteiger partial charge on any atom is -0.493 e. The largest absolute Gasteiger partial charge is 0.493 e. The molecule has 0 unspecified atom stereocenters. The number of ether oxygens (including phenoxy) is 3. The number of hydrogen-bond acceptors (Lipinski definition) is 9. The summed E-state index contributed by atoms with van der Waals surface area (Å²) < 4.78 is 30.6. The Kier molecular flexibility index (Phi) is 10.0. The first-order valence-electron chi connectivity index (χ1n) is 14.4. The molecule has 2 saturated heterocycles. The molecule has 2 aromatic carbocycles. The predicted octanol–water partition coefficient (Wildman–Crippen LogP) is 2.42. The normalized spacial score (nSPS) is 15.7. The fourth-order valence-corrected chi connectivity index (χ4v) is 5.24. The van der Waals surface area contributed by atoms with Gasteiger partial charge in [0.15, 0.2) is 17.3 Å². The molecule has 12 heteroatoms. The van der Waals surface area contributed by atoms with Crippen molar-refractivity contribution in [3.05, 3.63) is 66.0 Å². The van der Waals surface area contributed by atoms with Crippen LogP contribution in [0.2, 0.25) is 0 Å². The van der Waals surface area contributed by atoms with Crippen molar-refractivity contribution in [3.8, 4) is 22.8 Å². The van der Waals surface area contributed by atoms with Crippen molar-refractivity contribution in [1.29, 1.82) is 0 Å². The molecule has 228 valence electrons. The lowest BCUT2D eigenvalue weighted by molar-refractivity contribution is -0.132. The zero-order chi connectivity index (χ0) is 30.2. The second-order valence-electron chi connectivity index (χ2n) is 10.4. The van der Waals surface area contributed by atoms with E-state index >= 15 is 0 Å². The average molecular weight is 593 g/mol. The Morgan fingerprint density at radius 3 is 2.33 bits per heavy atom. The number of amides is 2. The second-order valence-corrected chi connectivity index (χ2v) is 10.4. The third kappa shape index (κ3) is 7.38. The monoisotopic (exact) mass is 592 g/mol. The van der Waals surface area contributed by atoms with Gasteiger partial charge in [0.05, 0.1) is 38.7 Å². The van der Waals surface area contributed by atoms with Crippen LogP contribution in [0.25, 0.3) is 11.3 Å². The molecule has 11 nitrogen and oxygen atoms in total. The molecule has 0 bridgehead atoms. The van der Waals surface area contributed by atoms with Gasteiger partial charge in [-0.15, -0.1) is 10.2 Å². The second kappa shape index (κ2) is 14.3. The highest BCUT2D eigenvalue weighted by atomic mass is 19.1. The maximum atomic E-state index is 14.5. The molecule has 0 radical (unpaired) electrons. The quantitative estimate of drug-likeness (QED) is 0.351. The van der Waals surface area contributed by atoms with E-state index in [-0.39, 0.29) is 18.0 Å². The van der Waals surface area contributed by atoms with Crippen LogP contribution < -0.4 is 14.4 Å². The number of aromatic nitrogens is 2. The van der Waals surface area contributed by atoms with E-state index in [2.05, 4.69) is 20.0 Å². The summed E-state index contributed by atoms with van der Waals surface area (Å²) in [5.41, 5.74) is 1.53. The highest BCUT2D eigenvalue weighted by molar-refractivity contribution is 5.96. The van der Waals surface area contributed by atoms with Gasteiger partial charge in [0, 0.05) is 57.9 Å². The van der Waals surface area contributed by atoms with Crippen LogP contribution in [0.5, 0.6) is 11.5 Å². The SMILES string of the molecule is COc1ccc(-c2ccc(N3CCN(C(=O)CN(CCN4CCOCC4)C(=O)c4ccccc4F)CC3)nn2)cc1OC. The molecule has 3 aromatic rings. The zero-order valence-electron chi connectivity index (χ0n) is 24.6. The number of methoxy groups -OCH3 is 2. The summed E-state index contributed by atoms with van der Waals surface area (Å²) in [5.74, 6) is 0.729. The molecule has 43 heavy (non-hydrogen) atoms. The number of carbonyl (C=O) groups is 2. The first-order chi connectivity index (χ1) is 21.0. The molecule has 0 atom stereocenters. The van der Waals surface area contributed by atoms with Crippen LogP contribution in [0, 0.1) is 5.82 Å². The maximum Gasteiger partial charge on any atom is 0.257 e. The van der Waals surface area contributed by atoms with Crippen molar-refractivity contribution >= 4 is 17.6 Å². The fourth-order valence-electron chi connectivity index (χ4n) is 5.24. The van der Waals surface area contributed by atoms with Crippen molar-refractivity contribution in [3.63, 3.8) is 0 Å². The van der Waals surface area contributed by atoms with Gasteiger partial charge in [-0.2, -0.15) is 0 Å². The number of rotatable bonds is 10. The first-order valence-corrected chi connectivity index (χ1v) is 14.4. The van der Waals surface area contributed by atoms with Crippen LogP contribution in [0.3, 0.4) is 0 Å². The standard InChI is InChI=1S/C31H37FN6O5/c1-41-27-9-7-23(21-28(27)42-2)26-8-10-29(34-33-26)36-13-15-37(16-14-36)30(39)22-38(12-11-35-17-19-43-20-18-35)31(40)24-5-3-4-6-25(24)32/h3-10,21H,11-20,22H2,1-2H3. The minimum absolute atomic E-state index is 0.0304. The van der Waals surface area contributed by atoms with Crippen LogP contribution >= 0.6 is 0 Å². The van der Waals surface area contributed by atoms with Gasteiger partial charge in [0.1, 0.15) is 12.4 Å². The molecule has 2 amide bonds. The number of piperazine rings is 1. The molecular weight excluding hydrogens is 555 g/mol. The lowest BCUT2D eigenvalue weighted by Crippen LogP contribution is -2.53. The molecule has 2 fully saturated rings. The molecule has 1 aromatic heterocycles. The summed E-state index contributed by atoms with van der Waals surface area (Å²) in [4.78, 5) is 34.2. The minimum atomic E-state index is -0.594. The number of hydrogen-bond donors (Lipinski definition) is 0. The van der Waals surface area contributed by atoms with Crippen LogP contribution in [0.15, 0.2) is 54.6 Å². The molecule has 0 aliphatic carbocycles. The predicted molar refractivity (Wildman–Crippen MR) is 159 cm³/mol. The highest BCUT2D eigenvalue weighted by Crippen LogP contribution is 2.31. The van der Waals surface area contributed by atoms with Gasteiger partial charge in [-0.05, 0) is 42.5 Å². The Hall–Kier alpha value is -4.29. The van der Waals surface area contributed by atoms with Gasteiger partial charge >= 0.3 is 0 Å². The van der Waals surface area contributed by atoms with E-state index in [9.17, 15) is 14.0 Å². The molecule has 3 heterocycles. The van der Waals surface area contributed by atoms with Crippen LogP contribution in [-0.2, 0) is 9.53 Å². The summed E-state index contributed by atoms with van der Waals surface area (Å²) >= 11 is 0. The van der Waals surface area contributed by atoms with Crippen molar-refractivity contribution in [1.82, 2.24) is 24.9 Å². The third-order valence-corrected chi connectivity index (χ3v) is 7.79. The number of benzene rings is 2. The van der Waals surface area contributed by atoms with E-state index in [1.165, 1.54) is 17.0 Å². The fraction of sp³-hybridized carbons (Fsp3) is 0.419. The van der Waals surface area contributed by atoms with E-state index in [0.717, 1.165) is 24.5 Å². The Bertz CT molecular complexity index is 1390. The van der Waals surface area contributed by atoms with E-state index in [4.69, 9.17) is 14.2 Å². The Morgan fingerprint density at radius 2 is 1.65 bits per heavy atom. The maximum absolute atomic E-state index is 14.5.